The molecule has 3 rings (SSSR count). The third-order valence-corrected chi connectivity index (χ3v) is 4.73. The summed E-state index contributed by atoms with van der Waals surface area (Å²) in [5.74, 6) is 1.63. The molecule has 2 N–H and O–H groups in total. The van der Waals surface area contributed by atoms with E-state index in [0.29, 0.717) is 6.61 Å². The Morgan fingerprint density at radius 3 is 2.33 bits per heavy atom. The molecule has 1 heterocycles. The average molecular weight is 328 g/mol. The second-order valence-electron chi connectivity index (χ2n) is 6.64. The second-order valence-corrected chi connectivity index (χ2v) is 6.64. The summed E-state index contributed by atoms with van der Waals surface area (Å²) in [5, 5.41) is 0. The fourth-order valence-electron chi connectivity index (χ4n) is 3.17. The summed E-state index contributed by atoms with van der Waals surface area (Å²) in [6.07, 6.45) is 0. The van der Waals surface area contributed by atoms with Crippen molar-refractivity contribution in [2.45, 2.75) is 13.2 Å². The maximum absolute atomic E-state index is 5.94. The molecule has 2 aromatic carbocycles. The Balaban J connectivity index is 1.62. The normalized spacial score (nSPS) is 20.6. The van der Waals surface area contributed by atoms with Gasteiger partial charge in [-0.2, -0.15) is 0 Å². The molecule has 4 heteroatoms. The van der Waals surface area contributed by atoms with Crippen LogP contribution in [0.4, 0.5) is 0 Å². The summed E-state index contributed by atoms with van der Waals surface area (Å²) in [4.78, 5) is 3.29. The van der Waals surface area contributed by atoms with E-state index in [1.165, 1.54) is 31.7 Å². The summed E-state index contributed by atoms with van der Waals surface area (Å²) in [6.45, 7) is 6.60. The van der Waals surface area contributed by atoms with Gasteiger partial charge in [0.25, 0.3) is 0 Å². The Morgan fingerprint density at radius 2 is 1.62 bits per heavy atom. The van der Waals surface area contributed by atoms with Crippen molar-refractivity contribution >= 4 is 0 Å². The highest BCUT2D eigenvalue weighted by Gasteiger charge is 2.20. The summed E-state index contributed by atoms with van der Waals surface area (Å²) >= 11 is 0. The number of rotatable bonds is 6. The van der Waals surface area contributed by atoms with Crippen molar-refractivity contribution in [1.82, 2.24) is 0 Å². The van der Waals surface area contributed by atoms with Crippen molar-refractivity contribution < 1.29 is 19.3 Å². The first-order valence-corrected chi connectivity index (χ1v) is 8.73. The Kier molecular flexibility index (Phi) is 5.72. The predicted octanol–water partition coefficient (Wildman–Crippen LogP) is 0.187. The summed E-state index contributed by atoms with van der Waals surface area (Å²) in [6, 6.07) is 16.5. The van der Waals surface area contributed by atoms with E-state index in [0.717, 1.165) is 23.6 Å². The SMILES string of the molecule is COc1cc(C[NH+]2CC[NH+](C)CC2)ccc1OCc1ccccc1. The van der Waals surface area contributed by atoms with Crippen molar-refractivity contribution in [1.29, 1.82) is 0 Å². The molecule has 1 aliphatic rings. The Morgan fingerprint density at radius 1 is 0.875 bits per heavy atom. The summed E-state index contributed by atoms with van der Waals surface area (Å²) in [7, 11) is 3.99. The topological polar surface area (TPSA) is 27.3 Å². The Bertz CT molecular complexity index is 637. The van der Waals surface area contributed by atoms with Crippen LogP contribution >= 0.6 is 0 Å². The van der Waals surface area contributed by atoms with Crippen molar-refractivity contribution in [2.24, 2.45) is 0 Å². The number of hydrogen-bond donors (Lipinski definition) is 2. The van der Waals surface area contributed by atoms with Crippen LogP contribution in [0.3, 0.4) is 0 Å². The molecule has 0 aliphatic carbocycles. The molecule has 0 amide bonds. The van der Waals surface area contributed by atoms with Gasteiger partial charge in [-0.15, -0.1) is 0 Å². The van der Waals surface area contributed by atoms with Crippen LogP contribution < -0.4 is 19.3 Å². The molecular formula is C20H28N2O2+2. The lowest BCUT2D eigenvalue weighted by molar-refractivity contribution is -1.01. The monoisotopic (exact) mass is 328 g/mol. The van der Waals surface area contributed by atoms with Crippen LogP contribution in [0.1, 0.15) is 11.1 Å². The molecule has 0 aromatic heterocycles. The third kappa shape index (κ3) is 4.49. The van der Waals surface area contributed by atoms with Crippen molar-refractivity contribution in [3.05, 3.63) is 59.7 Å². The Hall–Kier alpha value is -2.04. The van der Waals surface area contributed by atoms with Gasteiger partial charge < -0.3 is 19.3 Å². The first-order valence-electron chi connectivity index (χ1n) is 8.73. The molecule has 1 saturated heterocycles. The molecule has 128 valence electrons. The molecule has 0 spiro atoms. The van der Waals surface area contributed by atoms with Crippen LogP contribution in [-0.4, -0.2) is 40.3 Å². The summed E-state index contributed by atoms with van der Waals surface area (Å²) in [5.41, 5.74) is 2.47. The van der Waals surface area contributed by atoms with Crippen LogP contribution in [0.2, 0.25) is 0 Å². The van der Waals surface area contributed by atoms with Crippen LogP contribution in [0.5, 0.6) is 11.5 Å². The molecule has 2 aromatic rings. The van der Waals surface area contributed by atoms with E-state index >= 15 is 0 Å². The van der Waals surface area contributed by atoms with Gasteiger partial charge in [0, 0.05) is 5.56 Å². The minimum Gasteiger partial charge on any atom is -0.493 e. The lowest BCUT2D eigenvalue weighted by Crippen LogP contribution is -3.26. The number of piperazine rings is 1. The van der Waals surface area contributed by atoms with Crippen molar-refractivity contribution in [3.8, 4) is 11.5 Å². The number of methoxy groups -OCH3 is 1. The highest BCUT2D eigenvalue weighted by molar-refractivity contribution is 5.42. The van der Waals surface area contributed by atoms with E-state index in [-0.39, 0.29) is 0 Å². The first kappa shape index (κ1) is 16.8. The van der Waals surface area contributed by atoms with Gasteiger partial charge in [-0.3, -0.25) is 0 Å². The minimum atomic E-state index is 0.559. The third-order valence-electron chi connectivity index (χ3n) is 4.73. The molecule has 1 aliphatic heterocycles. The maximum atomic E-state index is 5.94. The molecule has 0 bridgehead atoms. The van der Waals surface area contributed by atoms with Crippen LogP contribution in [0, 0.1) is 0 Å². The number of benzene rings is 2. The first-order chi connectivity index (χ1) is 11.7. The molecule has 4 nitrogen and oxygen atoms in total. The molecule has 0 atom stereocenters. The predicted molar refractivity (Wildman–Crippen MR) is 94.8 cm³/mol. The number of likely N-dealkylation sites (N-methyl/N-ethyl adjacent to an activating group) is 1. The van der Waals surface area contributed by atoms with Crippen LogP contribution in [0.15, 0.2) is 48.5 Å². The minimum absolute atomic E-state index is 0.559. The average Bonchev–Trinajstić information content (AvgIpc) is 2.63. The quantitative estimate of drug-likeness (QED) is 0.792. The summed E-state index contributed by atoms with van der Waals surface area (Å²) < 4.78 is 11.5. The van der Waals surface area contributed by atoms with Gasteiger partial charge >= 0.3 is 0 Å². The molecule has 0 unspecified atom stereocenters. The number of hydrogen-bond acceptors (Lipinski definition) is 2. The molecule has 0 saturated carbocycles. The standard InChI is InChI=1S/C20H26N2O2/c1-21-10-12-22(13-11-21)15-18-8-9-19(20(14-18)23-2)24-16-17-6-4-3-5-7-17/h3-9,14H,10-13,15-16H2,1-2H3/p+2. The lowest BCUT2D eigenvalue weighted by Gasteiger charge is -2.27. The molecule has 24 heavy (non-hydrogen) atoms. The number of ether oxygens (including phenoxy) is 2. The van der Waals surface area contributed by atoms with Crippen molar-refractivity contribution in [3.63, 3.8) is 0 Å². The fourth-order valence-corrected chi connectivity index (χ4v) is 3.17. The lowest BCUT2D eigenvalue weighted by atomic mass is 10.1. The van der Waals surface area contributed by atoms with Gasteiger partial charge in [-0.1, -0.05) is 30.3 Å². The highest BCUT2D eigenvalue weighted by atomic mass is 16.5. The largest absolute Gasteiger partial charge is 0.493 e. The van der Waals surface area contributed by atoms with E-state index < -0.39 is 0 Å². The zero-order valence-corrected chi connectivity index (χ0v) is 14.7. The van der Waals surface area contributed by atoms with E-state index in [1.807, 2.05) is 24.3 Å². The van der Waals surface area contributed by atoms with E-state index in [4.69, 9.17) is 9.47 Å². The van der Waals surface area contributed by atoms with Gasteiger partial charge in [-0.05, 0) is 23.8 Å². The maximum Gasteiger partial charge on any atom is 0.161 e. The van der Waals surface area contributed by atoms with Crippen LogP contribution in [0.25, 0.3) is 0 Å². The van der Waals surface area contributed by atoms with Gasteiger partial charge in [-0.25, -0.2) is 0 Å². The fraction of sp³-hybridized carbons (Fsp3) is 0.400. The Labute approximate surface area is 144 Å². The molecular weight excluding hydrogens is 300 g/mol. The number of quaternary nitrogens is 2. The van der Waals surface area contributed by atoms with Crippen LogP contribution in [-0.2, 0) is 13.2 Å². The van der Waals surface area contributed by atoms with Gasteiger partial charge in [0.15, 0.2) is 11.5 Å². The zero-order chi connectivity index (χ0) is 16.8. The van der Waals surface area contributed by atoms with E-state index in [1.54, 1.807) is 16.9 Å². The molecule has 1 fully saturated rings. The second kappa shape index (κ2) is 8.18. The zero-order valence-electron chi connectivity index (χ0n) is 14.7. The van der Waals surface area contributed by atoms with Crippen molar-refractivity contribution in [2.75, 3.05) is 40.3 Å². The highest BCUT2D eigenvalue weighted by Crippen LogP contribution is 2.28. The van der Waals surface area contributed by atoms with E-state index in [2.05, 4.69) is 31.3 Å². The van der Waals surface area contributed by atoms with Gasteiger partial charge in [0.2, 0.25) is 0 Å². The smallest absolute Gasteiger partial charge is 0.161 e. The van der Waals surface area contributed by atoms with Gasteiger partial charge in [0.1, 0.15) is 39.3 Å². The molecule has 0 radical (unpaired) electrons. The number of nitrogens with one attached hydrogen (secondary N) is 2. The van der Waals surface area contributed by atoms with E-state index in [9.17, 15) is 0 Å². The van der Waals surface area contributed by atoms with Gasteiger partial charge in [0.05, 0.1) is 14.2 Å².